The Labute approximate surface area is 94.9 Å². The molecule has 1 saturated carbocycles. The van der Waals surface area contributed by atoms with Crippen LogP contribution >= 0.6 is 11.3 Å². The van der Waals surface area contributed by atoms with Gasteiger partial charge in [-0.05, 0) is 36.8 Å². The molecule has 0 aliphatic heterocycles. The molecule has 0 radical (unpaired) electrons. The second kappa shape index (κ2) is 4.35. The zero-order valence-electron chi connectivity index (χ0n) is 9.32. The second-order valence-electron chi connectivity index (χ2n) is 4.29. The van der Waals surface area contributed by atoms with Crippen LogP contribution in [0.2, 0.25) is 0 Å². The third kappa shape index (κ3) is 2.23. The summed E-state index contributed by atoms with van der Waals surface area (Å²) in [6, 6.07) is 2.56. The number of amides is 1. The van der Waals surface area contributed by atoms with Gasteiger partial charge in [-0.15, -0.1) is 11.3 Å². The molecule has 82 valence electrons. The van der Waals surface area contributed by atoms with Crippen molar-refractivity contribution in [2.45, 2.75) is 45.6 Å². The van der Waals surface area contributed by atoms with Crippen molar-refractivity contribution in [3.63, 3.8) is 0 Å². The summed E-state index contributed by atoms with van der Waals surface area (Å²) in [6.45, 7) is 3.75. The number of rotatable bonds is 2. The van der Waals surface area contributed by atoms with Crippen LogP contribution in [-0.2, 0) is 4.79 Å². The van der Waals surface area contributed by atoms with E-state index in [0.717, 1.165) is 17.8 Å². The van der Waals surface area contributed by atoms with Gasteiger partial charge in [0.05, 0.1) is 5.00 Å². The molecule has 0 unspecified atom stereocenters. The van der Waals surface area contributed by atoms with Crippen molar-refractivity contribution >= 4 is 22.2 Å². The highest BCUT2D eigenvalue weighted by atomic mass is 32.1. The highest BCUT2D eigenvalue weighted by molar-refractivity contribution is 7.14. The van der Waals surface area contributed by atoms with Crippen LogP contribution < -0.4 is 4.90 Å². The quantitative estimate of drug-likeness (QED) is 0.753. The molecule has 3 heteroatoms. The number of aryl methyl sites for hydroxylation is 1. The zero-order valence-corrected chi connectivity index (χ0v) is 10.1. The van der Waals surface area contributed by atoms with E-state index < -0.39 is 0 Å². The van der Waals surface area contributed by atoms with Crippen LogP contribution in [0.4, 0.5) is 5.00 Å². The van der Waals surface area contributed by atoms with Gasteiger partial charge in [-0.2, -0.15) is 0 Å². The molecule has 2 nitrogen and oxygen atoms in total. The second-order valence-corrected chi connectivity index (χ2v) is 5.18. The molecule has 1 aliphatic rings. The molecular weight excluding hydrogens is 206 g/mol. The van der Waals surface area contributed by atoms with Gasteiger partial charge in [-0.1, -0.05) is 12.8 Å². The van der Waals surface area contributed by atoms with Gasteiger partial charge in [0, 0.05) is 13.0 Å². The number of carbonyl (C=O) groups is 1. The molecular formula is C12H17NOS. The summed E-state index contributed by atoms with van der Waals surface area (Å²) >= 11 is 1.68. The molecule has 1 aromatic rings. The van der Waals surface area contributed by atoms with E-state index in [9.17, 15) is 4.79 Å². The van der Waals surface area contributed by atoms with Crippen LogP contribution in [0.5, 0.6) is 0 Å². The van der Waals surface area contributed by atoms with Crippen LogP contribution in [0.15, 0.2) is 11.4 Å². The fourth-order valence-corrected chi connectivity index (χ4v) is 3.32. The monoisotopic (exact) mass is 223 g/mol. The number of anilines is 1. The van der Waals surface area contributed by atoms with Crippen LogP contribution in [-0.4, -0.2) is 11.9 Å². The SMILES string of the molecule is CC(=O)N(c1cc(C)cs1)C1CCCC1. The summed E-state index contributed by atoms with van der Waals surface area (Å²) in [7, 11) is 0. The van der Waals surface area contributed by atoms with Gasteiger partial charge in [0.25, 0.3) is 0 Å². The number of hydrogen-bond donors (Lipinski definition) is 0. The molecule has 0 atom stereocenters. The molecule has 0 N–H and O–H groups in total. The molecule has 1 aliphatic carbocycles. The first-order valence-electron chi connectivity index (χ1n) is 5.53. The Morgan fingerprint density at radius 3 is 2.60 bits per heavy atom. The van der Waals surface area contributed by atoms with Gasteiger partial charge in [0.15, 0.2) is 0 Å². The molecule has 0 spiro atoms. The number of thiophene rings is 1. The minimum atomic E-state index is 0.184. The van der Waals surface area contributed by atoms with Crippen molar-refractivity contribution in [2.75, 3.05) is 4.90 Å². The Hall–Kier alpha value is -0.830. The predicted octanol–water partition coefficient (Wildman–Crippen LogP) is 3.35. The number of nitrogens with zero attached hydrogens (tertiary/aromatic N) is 1. The summed E-state index contributed by atoms with van der Waals surface area (Å²) < 4.78 is 0. The fourth-order valence-electron chi connectivity index (χ4n) is 2.30. The maximum absolute atomic E-state index is 11.7. The standard InChI is InChI=1S/C12H17NOS/c1-9-7-12(15-8-9)13(10(2)14)11-5-3-4-6-11/h7-8,11H,3-6H2,1-2H3. The number of carbonyl (C=O) groups excluding carboxylic acids is 1. The minimum absolute atomic E-state index is 0.184. The van der Waals surface area contributed by atoms with Gasteiger partial charge >= 0.3 is 0 Å². The van der Waals surface area contributed by atoms with E-state index in [1.807, 2.05) is 4.90 Å². The van der Waals surface area contributed by atoms with Crippen molar-refractivity contribution in [3.8, 4) is 0 Å². The summed E-state index contributed by atoms with van der Waals surface area (Å²) in [4.78, 5) is 13.7. The van der Waals surface area contributed by atoms with Crippen molar-refractivity contribution in [1.29, 1.82) is 0 Å². The molecule has 0 aromatic carbocycles. The molecule has 15 heavy (non-hydrogen) atoms. The van der Waals surface area contributed by atoms with E-state index in [1.165, 1.54) is 18.4 Å². The molecule has 1 amide bonds. The van der Waals surface area contributed by atoms with Gasteiger partial charge in [0.2, 0.25) is 5.91 Å². The number of hydrogen-bond acceptors (Lipinski definition) is 2. The Bertz CT molecular complexity index is 352. The smallest absolute Gasteiger partial charge is 0.224 e. The Balaban J connectivity index is 2.22. The maximum Gasteiger partial charge on any atom is 0.224 e. The van der Waals surface area contributed by atoms with Gasteiger partial charge in [0.1, 0.15) is 0 Å². The van der Waals surface area contributed by atoms with Crippen molar-refractivity contribution < 1.29 is 4.79 Å². The van der Waals surface area contributed by atoms with E-state index in [-0.39, 0.29) is 5.91 Å². The first-order chi connectivity index (χ1) is 7.18. The maximum atomic E-state index is 11.7. The fraction of sp³-hybridized carbons (Fsp3) is 0.583. The Morgan fingerprint density at radius 2 is 2.13 bits per heavy atom. The molecule has 2 rings (SSSR count). The van der Waals surface area contributed by atoms with E-state index in [1.54, 1.807) is 18.3 Å². The molecule has 0 saturated heterocycles. The lowest BCUT2D eigenvalue weighted by Gasteiger charge is -2.26. The van der Waals surface area contributed by atoms with E-state index >= 15 is 0 Å². The summed E-state index contributed by atoms with van der Waals surface area (Å²) in [5, 5.41) is 3.23. The molecule has 1 heterocycles. The first kappa shape index (κ1) is 10.7. The molecule has 1 fully saturated rings. The van der Waals surface area contributed by atoms with Crippen molar-refractivity contribution in [3.05, 3.63) is 17.0 Å². The highest BCUT2D eigenvalue weighted by Crippen LogP contribution is 2.32. The van der Waals surface area contributed by atoms with E-state index in [4.69, 9.17) is 0 Å². The van der Waals surface area contributed by atoms with Crippen LogP contribution in [0, 0.1) is 6.92 Å². The van der Waals surface area contributed by atoms with Crippen molar-refractivity contribution in [2.24, 2.45) is 0 Å². The Kier molecular flexibility index (Phi) is 3.10. The lowest BCUT2D eigenvalue weighted by molar-refractivity contribution is -0.117. The van der Waals surface area contributed by atoms with Crippen molar-refractivity contribution in [1.82, 2.24) is 0 Å². The van der Waals surface area contributed by atoms with Crippen LogP contribution in [0.1, 0.15) is 38.2 Å². The summed E-state index contributed by atoms with van der Waals surface area (Å²) in [6.07, 6.45) is 4.85. The lowest BCUT2D eigenvalue weighted by atomic mass is 10.2. The third-order valence-corrected chi connectivity index (χ3v) is 4.03. The first-order valence-corrected chi connectivity index (χ1v) is 6.41. The predicted molar refractivity (Wildman–Crippen MR) is 64.5 cm³/mol. The average molecular weight is 223 g/mol. The molecule has 1 aromatic heterocycles. The largest absolute Gasteiger partial charge is 0.301 e. The van der Waals surface area contributed by atoms with Gasteiger partial charge in [-0.25, -0.2) is 0 Å². The van der Waals surface area contributed by atoms with Crippen LogP contribution in [0.3, 0.4) is 0 Å². The normalized spacial score (nSPS) is 16.9. The lowest BCUT2D eigenvalue weighted by Crippen LogP contribution is -2.36. The van der Waals surface area contributed by atoms with E-state index in [0.29, 0.717) is 6.04 Å². The Morgan fingerprint density at radius 1 is 1.47 bits per heavy atom. The summed E-state index contributed by atoms with van der Waals surface area (Å²) in [5.41, 5.74) is 1.25. The van der Waals surface area contributed by atoms with E-state index in [2.05, 4.69) is 18.4 Å². The summed E-state index contributed by atoms with van der Waals surface area (Å²) in [5.74, 6) is 0.184. The average Bonchev–Trinajstić information content (AvgIpc) is 2.77. The van der Waals surface area contributed by atoms with Gasteiger partial charge < -0.3 is 4.90 Å². The van der Waals surface area contributed by atoms with Gasteiger partial charge in [-0.3, -0.25) is 4.79 Å². The molecule has 0 bridgehead atoms. The third-order valence-electron chi connectivity index (χ3n) is 2.98. The minimum Gasteiger partial charge on any atom is -0.301 e. The van der Waals surface area contributed by atoms with Crippen LogP contribution in [0.25, 0.3) is 0 Å². The zero-order chi connectivity index (χ0) is 10.8. The topological polar surface area (TPSA) is 20.3 Å². The highest BCUT2D eigenvalue weighted by Gasteiger charge is 2.26.